The summed E-state index contributed by atoms with van der Waals surface area (Å²) in [7, 11) is 0. The molecule has 0 amide bonds. The van der Waals surface area contributed by atoms with Gasteiger partial charge in [0, 0.05) is 3.57 Å². The van der Waals surface area contributed by atoms with Crippen LogP contribution in [0.1, 0.15) is 142 Å². The molecule has 0 radical (unpaired) electrons. The second-order valence-electron chi connectivity index (χ2n) is 9.78. The predicted molar refractivity (Wildman–Crippen MR) is 167 cm³/mol. The Bertz CT molecular complexity index is 544. The first-order valence-electron chi connectivity index (χ1n) is 14.4. The van der Waals surface area contributed by atoms with Gasteiger partial charge in [-0.15, -0.1) is 0 Å². The second kappa shape index (κ2) is 23.7. The second-order valence-corrected chi connectivity index (χ2v) is 12.1. The van der Waals surface area contributed by atoms with Crippen LogP contribution >= 0.6 is 45.2 Å². The number of hydrogen-bond acceptors (Lipinski definition) is 2. The lowest BCUT2D eigenvalue weighted by molar-refractivity contribution is 0.285. The highest BCUT2D eigenvalue weighted by atomic mass is 127. The van der Waals surface area contributed by atoms with Crippen molar-refractivity contribution in [2.24, 2.45) is 0 Å². The summed E-state index contributed by atoms with van der Waals surface area (Å²) in [5.41, 5.74) is 0. The Morgan fingerprint density at radius 3 is 1.09 bits per heavy atom. The predicted octanol–water partition coefficient (Wildman–Crippen LogP) is 11.5. The minimum Gasteiger partial charge on any atom is -0.492 e. The van der Waals surface area contributed by atoms with Gasteiger partial charge in [0.15, 0.2) is 0 Å². The van der Waals surface area contributed by atoms with Crippen molar-refractivity contribution in [1.29, 1.82) is 0 Å². The lowest BCUT2D eigenvalue weighted by atomic mass is 10.1. The van der Waals surface area contributed by atoms with Gasteiger partial charge in [-0.25, -0.2) is 0 Å². The molecule has 0 fully saturated rings. The molecule has 0 atom stereocenters. The SMILES string of the molecule is CCCCCCCCCCCCOc1cc(I)cc(OCCCCCCCCCCCC)c1I. The molecule has 0 heterocycles. The third-order valence-electron chi connectivity index (χ3n) is 6.48. The highest BCUT2D eigenvalue weighted by Crippen LogP contribution is 2.33. The summed E-state index contributed by atoms with van der Waals surface area (Å²) in [6, 6.07) is 4.29. The van der Waals surface area contributed by atoms with Gasteiger partial charge in [-0.05, 0) is 70.2 Å². The van der Waals surface area contributed by atoms with E-state index in [2.05, 4.69) is 71.2 Å². The average Bonchev–Trinajstić information content (AvgIpc) is 2.83. The Kier molecular flexibility index (Phi) is 22.5. The number of benzene rings is 1. The molecule has 4 heteroatoms. The van der Waals surface area contributed by atoms with Crippen LogP contribution < -0.4 is 9.47 Å². The van der Waals surface area contributed by atoms with Crippen LogP contribution in [0.25, 0.3) is 0 Å². The molecule has 0 aliphatic rings. The van der Waals surface area contributed by atoms with Gasteiger partial charge in [-0.1, -0.05) is 129 Å². The zero-order valence-electron chi connectivity index (χ0n) is 22.3. The van der Waals surface area contributed by atoms with Crippen LogP contribution in [0.3, 0.4) is 0 Å². The molecule has 0 N–H and O–H groups in total. The van der Waals surface area contributed by atoms with Crippen molar-refractivity contribution in [3.63, 3.8) is 0 Å². The van der Waals surface area contributed by atoms with Gasteiger partial charge >= 0.3 is 0 Å². The Labute approximate surface area is 239 Å². The third-order valence-corrected chi connectivity index (χ3v) is 8.17. The molecule has 1 aromatic rings. The third kappa shape index (κ3) is 17.7. The normalized spacial score (nSPS) is 11.2. The highest BCUT2D eigenvalue weighted by Gasteiger charge is 2.10. The molecule has 1 rings (SSSR count). The van der Waals surface area contributed by atoms with E-state index in [0.29, 0.717) is 0 Å². The summed E-state index contributed by atoms with van der Waals surface area (Å²) >= 11 is 4.77. The molecule has 0 spiro atoms. The molecule has 0 saturated heterocycles. The largest absolute Gasteiger partial charge is 0.492 e. The van der Waals surface area contributed by atoms with Gasteiger partial charge in [-0.2, -0.15) is 0 Å². The lowest BCUT2D eigenvalue weighted by Gasteiger charge is -2.14. The fraction of sp³-hybridized carbons (Fsp3) is 0.800. The van der Waals surface area contributed by atoms with E-state index >= 15 is 0 Å². The molecule has 1 aromatic carbocycles. The molecule has 0 aliphatic carbocycles. The van der Waals surface area contributed by atoms with Crippen LogP contribution in [0.5, 0.6) is 11.5 Å². The summed E-state index contributed by atoms with van der Waals surface area (Å²) in [5.74, 6) is 1.97. The molecule has 0 unspecified atom stereocenters. The van der Waals surface area contributed by atoms with E-state index in [-0.39, 0.29) is 0 Å². The minimum absolute atomic E-state index is 0.810. The van der Waals surface area contributed by atoms with Crippen LogP contribution in [-0.2, 0) is 0 Å². The van der Waals surface area contributed by atoms with Crippen molar-refractivity contribution in [3.8, 4) is 11.5 Å². The van der Waals surface area contributed by atoms with Gasteiger partial charge in [0.05, 0.1) is 16.8 Å². The van der Waals surface area contributed by atoms with E-state index in [4.69, 9.17) is 9.47 Å². The number of rotatable bonds is 24. The van der Waals surface area contributed by atoms with Crippen molar-refractivity contribution in [2.75, 3.05) is 13.2 Å². The van der Waals surface area contributed by atoms with Crippen LogP contribution in [0.2, 0.25) is 0 Å². The van der Waals surface area contributed by atoms with Crippen LogP contribution in [0.4, 0.5) is 0 Å². The zero-order chi connectivity index (χ0) is 24.7. The first-order chi connectivity index (χ1) is 16.7. The summed E-state index contributed by atoms with van der Waals surface area (Å²) in [6.45, 7) is 6.19. The van der Waals surface area contributed by atoms with Crippen molar-refractivity contribution in [2.45, 2.75) is 142 Å². The number of halogens is 2. The smallest absolute Gasteiger partial charge is 0.137 e. The first-order valence-corrected chi connectivity index (χ1v) is 16.6. The maximum atomic E-state index is 6.14. The number of ether oxygens (including phenoxy) is 2. The molecule has 0 aromatic heterocycles. The Morgan fingerprint density at radius 2 is 0.765 bits per heavy atom. The minimum atomic E-state index is 0.810. The molecular formula is C30H52I2O2. The van der Waals surface area contributed by atoms with E-state index < -0.39 is 0 Å². The van der Waals surface area contributed by atoms with Gasteiger partial charge < -0.3 is 9.47 Å². The fourth-order valence-corrected chi connectivity index (χ4v) is 5.48. The Hall–Kier alpha value is 0.280. The first kappa shape index (κ1) is 32.3. The van der Waals surface area contributed by atoms with Gasteiger partial charge in [0.2, 0.25) is 0 Å². The molecule has 34 heavy (non-hydrogen) atoms. The molecule has 2 nitrogen and oxygen atoms in total. The number of hydrogen-bond donors (Lipinski definition) is 0. The van der Waals surface area contributed by atoms with Crippen LogP contribution in [0.15, 0.2) is 12.1 Å². The van der Waals surface area contributed by atoms with E-state index in [1.807, 2.05) is 0 Å². The van der Waals surface area contributed by atoms with E-state index in [0.717, 1.165) is 41.1 Å². The van der Waals surface area contributed by atoms with Gasteiger partial charge in [0.25, 0.3) is 0 Å². The van der Waals surface area contributed by atoms with E-state index in [1.54, 1.807) is 0 Å². The van der Waals surface area contributed by atoms with Crippen LogP contribution in [0, 0.1) is 7.14 Å². The molecule has 198 valence electrons. The average molecular weight is 699 g/mol. The topological polar surface area (TPSA) is 18.5 Å². The summed E-state index contributed by atoms with van der Waals surface area (Å²) in [5, 5.41) is 0. The molecule has 0 aliphatic heterocycles. The summed E-state index contributed by atoms with van der Waals surface area (Å²) < 4.78 is 14.6. The summed E-state index contributed by atoms with van der Waals surface area (Å²) in [6.07, 6.45) is 27.1. The van der Waals surface area contributed by atoms with E-state index in [1.165, 1.54) is 119 Å². The van der Waals surface area contributed by atoms with Gasteiger partial charge in [0.1, 0.15) is 11.5 Å². The van der Waals surface area contributed by atoms with Crippen molar-refractivity contribution in [3.05, 3.63) is 19.3 Å². The van der Waals surface area contributed by atoms with E-state index in [9.17, 15) is 0 Å². The summed E-state index contributed by atoms with van der Waals surface area (Å²) in [4.78, 5) is 0. The Balaban J connectivity index is 2.12. The zero-order valence-corrected chi connectivity index (χ0v) is 26.6. The maximum absolute atomic E-state index is 6.14. The van der Waals surface area contributed by atoms with Crippen molar-refractivity contribution < 1.29 is 9.47 Å². The molecule has 0 bridgehead atoms. The quantitative estimate of drug-likeness (QED) is 0.0791. The van der Waals surface area contributed by atoms with Crippen molar-refractivity contribution in [1.82, 2.24) is 0 Å². The monoisotopic (exact) mass is 698 g/mol. The molecular weight excluding hydrogens is 646 g/mol. The number of unbranched alkanes of at least 4 members (excludes halogenated alkanes) is 18. The fourth-order valence-electron chi connectivity index (χ4n) is 4.29. The van der Waals surface area contributed by atoms with Crippen LogP contribution in [-0.4, -0.2) is 13.2 Å². The lowest BCUT2D eigenvalue weighted by Crippen LogP contribution is -2.03. The Morgan fingerprint density at radius 1 is 0.471 bits per heavy atom. The molecule has 0 saturated carbocycles. The van der Waals surface area contributed by atoms with Gasteiger partial charge in [-0.3, -0.25) is 0 Å². The highest BCUT2D eigenvalue weighted by molar-refractivity contribution is 14.1. The standard InChI is InChI=1S/C30H52I2O2/c1-3-5-7-9-11-13-15-17-19-21-23-33-28-25-27(31)26-29(30(28)32)34-24-22-20-18-16-14-12-10-8-6-4-2/h25-26H,3-24H2,1-2H3. The maximum Gasteiger partial charge on any atom is 0.137 e. The van der Waals surface area contributed by atoms with Crippen molar-refractivity contribution >= 4 is 45.2 Å².